The Bertz CT molecular complexity index is 1350. The Hall–Kier alpha value is -3.67. The number of benzene rings is 2. The summed E-state index contributed by atoms with van der Waals surface area (Å²) >= 11 is 0. The highest BCUT2D eigenvalue weighted by molar-refractivity contribution is 5.91. The van der Waals surface area contributed by atoms with Gasteiger partial charge in [0.05, 0.1) is 5.52 Å². The van der Waals surface area contributed by atoms with E-state index in [0.29, 0.717) is 18.2 Å². The summed E-state index contributed by atoms with van der Waals surface area (Å²) in [5, 5.41) is 5.47. The highest BCUT2D eigenvalue weighted by Gasteiger charge is 2.14. The minimum atomic E-state index is 0.372. The molecule has 5 aromatic rings. The molecule has 142 valence electrons. The average molecular weight is 382 g/mol. The molecule has 0 saturated carbocycles. The summed E-state index contributed by atoms with van der Waals surface area (Å²) in [6.07, 6.45) is 5.22. The molecule has 3 heterocycles. The van der Waals surface area contributed by atoms with Gasteiger partial charge in [-0.2, -0.15) is 0 Å². The van der Waals surface area contributed by atoms with Crippen LogP contribution in [0.15, 0.2) is 65.3 Å². The van der Waals surface area contributed by atoms with Crippen LogP contribution in [0.1, 0.15) is 23.3 Å². The predicted octanol–water partition coefficient (Wildman–Crippen LogP) is 4.61. The molecule has 3 aromatic heterocycles. The number of nitrogens with zero attached hydrogens (tertiary/aromatic N) is 4. The molecule has 0 atom stereocenters. The molecule has 0 spiro atoms. The standard InChI is InChI=1S/C23H18N4O2/c1-2-7-20-19(6-1)23-25-22(26-27(23)14-24-20)21-11-10-18(29-21)13-28-17-9-8-15-4-3-5-16(15)12-17/h1-2,6-12,14H,3-5,13H2. The van der Waals surface area contributed by atoms with Crippen LogP contribution >= 0.6 is 0 Å². The van der Waals surface area contributed by atoms with Gasteiger partial charge >= 0.3 is 0 Å². The lowest BCUT2D eigenvalue weighted by molar-refractivity contribution is 0.271. The van der Waals surface area contributed by atoms with Gasteiger partial charge in [0.25, 0.3) is 0 Å². The lowest BCUT2D eigenvalue weighted by atomic mass is 10.1. The molecular weight excluding hydrogens is 364 g/mol. The van der Waals surface area contributed by atoms with Crippen molar-refractivity contribution in [3.05, 3.63) is 77.8 Å². The molecule has 0 radical (unpaired) electrons. The van der Waals surface area contributed by atoms with Gasteiger partial charge in [0.2, 0.25) is 5.82 Å². The molecule has 1 aliphatic rings. The van der Waals surface area contributed by atoms with E-state index in [9.17, 15) is 0 Å². The number of rotatable bonds is 4. The summed E-state index contributed by atoms with van der Waals surface area (Å²) in [4.78, 5) is 9.08. The summed E-state index contributed by atoms with van der Waals surface area (Å²) in [6, 6.07) is 18.0. The molecule has 0 bridgehead atoms. The molecule has 0 fully saturated rings. The second kappa shape index (κ2) is 6.44. The monoisotopic (exact) mass is 382 g/mol. The van der Waals surface area contributed by atoms with E-state index in [4.69, 9.17) is 9.15 Å². The molecule has 6 heteroatoms. The van der Waals surface area contributed by atoms with Gasteiger partial charge in [0, 0.05) is 5.39 Å². The summed E-state index contributed by atoms with van der Waals surface area (Å²) < 4.78 is 13.6. The molecule has 6 nitrogen and oxygen atoms in total. The van der Waals surface area contributed by atoms with Gasteiger partial charge in [-0.15, -0.1) is 5.10 Å². The maximum atomic E-state index is 5.94. The quantitative estimate of drug-likeness (QED) is 0.454. The van der Waals surface area contributed by atoms with Gasteiger partial charge in [0.1, 0.15) is 24.4 Å². The van der Waals surface area contributed by atoms with Gasteiger partial charge in [-0.3, -0.25) is 0 Å². The lowest BCUT2D eigenvalue weighted by Crippen LogP contribution is -1.94. The number of aromatic nitrogens is 4. The number of ether oxygens (including phenoxy) is 1. The fourth-order valence-electron chi connectivity index (χ4n) is 3.95. The molecule has 2 aromatic carbocycles. The molecule has 0 N–H and O–H groups in total. The van der Waals surface area contributed by atoms with Crippen LogP contribution in [-0.2, 0) is 19.4 Å². The molecule has 29 heavy (non-hydrogen) atoms. The van der Waals surface area contributed by atoms with Gasteiger partial charge in [-0.05, 0) is 66.8 Å². The van der Waals surface area contributed by atoms with Gasteiger partial charge in [-0.1, -0.05) is 18.2 Å². The maximum Gasteiger partial charge on any atom is 0.217 e. The Labute approximate surface area is 166 Å². The first-order valence-electron chi connectivity index (χ1n) is 9.77. The molecule has 0 amide bonds. The number of furan rings is 1. The molecule has 6 rings (SSSR count). The van der Waals surface area contributed by atoms with Gasteiger partial charge in [0.15, 0.2) is 11.4 Å². The first-order valence-corrected chi connectivity index (χ1v) is 9.77. The van der Waals surface area contributed by atoms with E-state index >= 15 is 0 Å². The summed E-state index contributed by atoms with van der Waals surface area (Å²) in [5.41, 5.74) is 4.50. The van der Waals surface area contributed by atoms with E-state index in [1.807, 2.05) is 42.5 Å². The third kappa shape index (κ3) is 2.84. The fraction of sp³-hybridized carbons (Fsp3) is 0.174. The van der Waals surface area contributed by atoms with Gasteiger partial charge < -0.3 is 9.15 Å². The predicted molar refractivity (Wildman–Crippen MR) is 109 cm³/mol. The number of aryl methyl sites for hydroxylation is 2. The van der Waals surface area contributed by atoms with Crippen LogP contribution in [0.25, 0.3) is 28.1 Å². The minimum Gasteiger partial charge on any atom is -0.486 e. The highest BCUT2D eigenvalue weighted by Crippen LogP contribution is 2.27. The normalized spacial score (nSPS) is 13.2. The maximum absolute atomic E-state index is 5.94. The van der Waals surface area contributed by atoms with E-state index in [1.165, 1.54) is 24.0 Å². The van der Waals surface area contributed by atoms with Crippen molar-refractivity contribution in [3.63, 3.8) is 0 Å². The topological polar surface area (TPSA) is 65.5 Å². The van der Waals surface area contributed by atoms with E-state index in [-0.39, 0.29) is 0 Å². The minimum absolute atomic E-state index is 0.372. The number of fused-ring (bicyclic) bond motifs is 4. The van der Waals surface area contributed by atoms with Crippen molar-refractivity contribution in [2.45, 2.75) is 25.9 Å². The van der Waals surface area contributed by atoms with E-state index in [2.05, 4.69) is 27.2 Å². The second-order valence-electron chi connectivity index (χ2n) is 7.30. The van der Waals surface area contributed by atoms with Crippen molar-refractivity contribution in [2.24, 2.45) is 0 Å². The summed E-state index contributed by atoms with van der Waals surface area (Å²) in [5.74, 6) is 2.77. The Morgan fingerprint density at radius 2 is 1.93 bits per heavy atom. The largest absolute Gasteiger partial charge is 0.486 e. The van der Waals surface area contributed by atoms with Crippen LogP contribution in [0, 0.1) is 0 Å². The van der Waals surface area contributed by atoms with Crippen molar-refractivity contribution in [1.82, 2.24) is 19.6 Å². The highest BCUT2D eigenvalue weighted by atomic mass is 16.5. The number of para-hydroxylation sites is 1. The third-order valence-electron chi connectivity index (χ3n) is 5.42. The van der Waals surface area contributed by atoms with Crippen LogP contribution in [0.3, 0.4) is 0 Å². The van der Waals surface area contributed by atoms with Crippen molar-refractivity contribution >= 4 is 16.6 Å². The summed E-state index contributed by atoms with van der Waals surface area (Å²) in [7, 11) is 0. The van der Waals surface area contributed by atoms with E-state index < -0.39 is 0 Å². The van der Waals surface area contributed by atoms with E-state index in [1.54, 1.807) is 10.8 Å². The second-order valence-corrected chi connectivity index (χ2v) is 7.30. The first-order chi connectivity index (χ1) is 14.3. The van der Waals surface area contributed by atoms with Crippen LogP contribution in [0.5, 0.6) is 5.75 Å². The Morgan fingerprint density at radius 1 is 1.00 bits per heavy atom. The Kier molecular flexibility index (Phi) is 3.62. The molecular formula is C23H18N4O2. The third-order valence-corrected chi connectivity index (χ3v) is 5.42. The first kappa shape index (κ1) is 16.3. The summed E-state index contributed by atoms with van der Waals surface area (Å²) in [6.45, 7) is 0.372. The SMILES string of the molecule is c1ccc2c(c1)ncn1nc(-c3ccc(COc4ccc5c(c4)CCC5)o3)nc21. The van der Waals surface area contributed by atoms with Crippen molar-refractivity contribution < 1.29 is 9.15 Å². The van der Waals surface area contributed by atoms with Gasteiger partial charge in [-0.25, -0.2) is 14.5 Å². The Morgan fingerprint density at radius 3 is 2.93 bits per heavy atom. The van der Waals surface area contributed by atoms with Crippen LogP contribution in [0.2, 0.25) is 0 Å². The van der Waals surface area contributed by atoms with Crippen LogP contribution < -0.4 is 4.74 Å². The van der Waals surface area contributed by atoms with Crippen molar-refractivity contribution in [2.75, 3.05) is 0 Å². The zero-order valence-corrected chi connectivity index (χ0v) is 15.7. The van der Waals surface area contributed by atoms with Crippen molar-refractivity contribution in [3.8, 4) is 17.3 Å². The average Bonchev–Trinajstić information content (AvgIpc) is 3.50. The van der Waals surface area contributed by atoms with E-state index in [0.717, 1.165) is 34.5 Å². The fourth-order valence-corrected chi connectivity index (χ4v) is 3.95. The molecule has 0 aliphatic heterocycles. The number of hydrogen-bond acceptors (Lipinski definition) is 5. The molecule has 0 saturated heterocycles. The molecule has 0 unspecified atom stereocenters. The number of hydrogen-bond donors (Lipinski definition) is 0. The zero-order chi connectivity index (χ0) is 19.2. The molecule has 1 aliphatic carbocycles. The smallest absolute Gasteiger partial charge is 0.217 e. The zero-order valence-electron chi connectivity index (χ0n) is 15.7. The lowest BCUT2D eigenvalue weighted by Gasteiger charge is -2.06. The van der Waals surface area contributed by atoms with Crippen LogP contribution in [0.4, 0.5) is 0 Å². The van der Waals surface area contributed by atoms with Crippen molar-refractivity contribution in [1.29, 1.82) is 0 Å². The van der Waals surface area contributed by atoms with Crippen LogP contribution in [-0.4, -0.2) is 19.6 Å². The Balaban J connectivity index is 1.25.